The zero-order valence-corrected chi connectivity index (χ0v) is 31.1. The van der Waals surface area contributed by atoms with Gasteiger partial charge in [-0.1, -0.05) is 19.9 Å². The van der Waals surface area contributed by atoms with E-state index in [-0.39, 0.29) is 54.0 Å². The van der Waals surface area contributed by atoms with Crippen molar-refractivity contribution in [2.75, 3.05) is 32.5 Å². The lowest BCUT2D eigenvalue weighted by Gasteiger charge is -2.69. The van der Waals surface area contributed by atoms with Gasteiger partial charge >= 0.3 is 12.1 Å². The average Bonchev–Trinajstić information content (AvgIpc) is 3.29. The molecule has 2 atom stereocenters. The van der Waals surface area contributed by atoms with Crippen LogP contribution in [0.15, 0.2) is 24.4 Å². The minimum atomic E-state index is -4.29. The van der Waals surface area contributed by atoms with Crippen LogP contribution in [0.25, 0.3) is 11.1 Å². The first-order valence-corrected chi connectivity index (χ1v) is 18.8. The van der Waals surface area contributed by atoms with Crippen LogP contribution in [0, 0.1) is 23.2 Å². The van der Waals surface area contributed by atoms with Gasteiger partial charge < -0.3 is 29.4 Å². The molecule has 2 aromatic heterocycles. The van der Waals surface area contributed by atoms with Crippen molar-refractivity contribution in [2.45, 2.75) is 104 Å². The number of carboxylic acid groups (broad SMARTS) is 1. The number of carboxylic acids is 1. The molecule has 4 fully saturated rings. The number of aromatic nitrogens is 2. The molecule has 4 aliphatic rings. The predicted molar refractivity (Wildman–Crippen MR) is 186 cm³/mol. The standard InChI is InChI=1S/C36H52N4O9S/c1-24-26(27-9-8-25(16-28(41)37-7)38-29(27)30(42)43)10-11-40(24)23-35-18-33(5)17-34(6,19-35)21-36(20-33,22-35)48-14-12-39(13-15-50(45,46)47)31(44)49-32(2,3)4/h8-11H,12-23H2,1-7H3,(H,37,41)(H,42,43)(H,45,46,47). The van der Waals surface area contributed by atoms with Crippen LogP contribution in [0.3, 0.4) is 0 Å². The third-order valence-corrected chi connectivity index (χ3v) is 11.2. The molecule has 2 heterocycles. The van der Waals surface area contributed by atoms with E-state index < -0.39 is 39.1 Å². The number of carbonyl (C=O) groups excluding carboxylic acids is 2. The van der Waals surface area contributed by atoms with Crippen LogP contribution in [0.2, 0.25) is 0 Å². The number of likely N-dealkylation sites (N-methyl/N-ethyl adjacent to an activating group) is 1. The molecule has 0 spiro atoms. The van der Waals surface area contributed by atoms with Gasteiger partial charge in [-0.05, 0) is 94.6 Å². The van der Waals surface area contributed by atoms with Crippen LogP contribution in [0.5, 0.6) is 0 Å². The topological polar surface area (TPSA) is 177 Å². The Hall–Kier alpha value is -3.49. The molecule has 2 unspecified atom stereocenters. The average molecular weight is 717 g/mol. The first kappa shape index (κ1) is 37.8. The van der Waals surface area contributed by atoms with Gasteiger partial charge in [0.05, 0.1) is 30.1 Å². The van der Waals surface area contributed by atoms with Gasteiger partial charge in [0.15, 0.2) is 5.69 Å². The summed E-state index contributed by atoms with van der Waals surface area (Å²) < 4.78 is 46.9. The number of rotatable bonds is 13. The highest BCUT2D eigenvalue weighted by molar-refractivity contribution is 7.85. The van der Waals surface area contributed by atoms with Gasteiger partial charge in [-0.2, -0.15) is 8.42 Å². The van der Waals surface area contributed by atoms with Crippen molar-refractivity contribution in [1.82, 2.24) is 19.8 Å². The highest BCUT2D eigenvalue weighted by atomic mass is 32.2. The number of nitrogens with zero attached hydrogens (tertiary/aromatic N) is 3. The van der Waals surface area contributed by atoms with Crippen LogP contribution in [0.4, 0.5) is 4.79 Å². The summed E-state index contributed by atoms with van der Waals surface area (Å²) in [4.78, 5) is 42.8. The van der Waals surface area contributed by atoms with E-state index in [1.807, 2.05) is 19.2 Å². The number of nitrogens with one attached hydrogen (secondary N) is 1. The van der Waals surface area contributed by atoms with Gasteiger partial charge in [-0.3, -0.25) is 9.35 Å². The number of hydrogen-bond acceptors (Lipinski definition) is 8. The number of aromatic carboxylic acids is 1. The second kappa shape index (κ2) is 13.2. The third-order valence-electron chi connectivity index (χ3n) is 10.5. The maximum atomic E-state index is 13.0. The first-order chi connectivity index (χ1) is 23.1. The number of pyridine rings is 1. The second-order valence-corrected chi connectivity index (χ2v) is 18.3. The van der Waals surface area contributed by atoms with Crippen molar-refractivity contribution in [3.63, 3.8) is 0 Å². The summed E-state index contributed by atoms with van der Waals surface area (Å²) in [6.07, 6.45) is 7.10. The molecule has 2 aromatic rings. The smallest absolute Gasteiger partial charge is 0.410 e. The summed E-state index contributed by atoms with van der Waals surface area (Å²) in [7, 11) is -2.76. The Bertz CT molecular complexity index is 1740. The molecule has 0 aromatic carbocycles. The Morgan fingerprint density at radius 2 is 1.66 bits per heavy atom. The van der Waals surface area contributed by atoms with Crippen molar-refractivity contribution >= 4 is 28.1 Å². The summed E-state index contributed by atoms with van der Waals surface area (Å²) >= 11 is 0. The zero-order valence-electron chi connectivity index (χ0n) is 30.3. The normalized spacial score (nSPS) is 27.3. The fraction of sp³-hybridized carbons (Fsp3) is 0.667. The van der Waals surface area contributed by atoms with Crippen LogP contribution in [0.1, 0.15) is 95.0 Å². The summed E-state index contributed by atoms with van der Waals surface area (Å²) in [6, 6.07) is 5.36. The van der Waals surface area contributed by atoms with E-state index >= 15 is 0 Å². The molecule has 13 nitrogen and oxygen atoms in total. The van der Waals surface area contributed by atoms with E-state index in [9.17, 15) is 32.5 Å². The summed E-state index contributed by atoms with van der Waals surface area (Å²) in [5.74, 6) is -2.00. The van der Waals surface area contributed by atoms with Crippen molar-refractivity contribution in [2.24, 2.45) is 16.2 Å². The Kier molecular flexibility index (Phi) is 10.0. The van der Waals surface area contributed by atoms with Crippen LogP contribution >= 0.6 is 0 Å². The Morgan fingerprint density at radius 1 is 1.00 bits per heavy atom. The maximum Gasteiger partial charge on any atom is 0.410 e. The number of amides is 2. The largest absolute Gasteiger partial charge is 0.476 e. The van der Waals surface area contributed by atoms with Crippen molar-refractivity contribution in [3.05, 3.63) is 41.5 Å². The lowest BCUT2D eigenvalue weighted by Crippen LogP contribution is -2.64. The van der Waals surface area contributed by atoms with E-state index in [4.69, 9.17) is 9.47 Å². The van der Waals surface area contributed by atoms with Gasteiger partial charge in [0.2, 0.25) is 5.91 Å². The maximum absolute atomic E-state index is 13.0. The Labute approximate surface area is 294 Å². The van der Waals surface area contributed by atoms with Crippen LogP contribution < -0.4 is 5.32 Å². The molecular weight excluding hydrogens is 664 g/mol. The summed E-state index contributed by atoms with van der Waals surface area (Å²) in [6.45, 7) is 12.7. The number of carbonyl (C=O) groups is 3. The van der Waals surface area contributed by atoms with E-state index in [1.165, 1.54) is 11.9 Å². The van der Waals surface area contributed by atoms with Crippen molar-refractivity contribution < 1.29 is 41.9 Å². The van der Waals surface area contributed by atoms with E-state index in [0.29, 0.717) is 11.3 Å². The number of hydrogen-bond donors (Lipinski definition) is 3. The summed E-state index contributed by atoms with van der Waals surface area (Å²) in [5, 5.41) is 12.6. The van der Waals surface area contributed by atoms with E-state index in [1.54, 1.807) is 32.9 Å². The molecule has 0 saturated heterocycles. The quantitative estimate of drug-likeness (QED) is 0.236. The highest BCUT2D eigenvalue weighted by Gasteiger charge is 2.66. The molecule has 2 amide bonds. The third kappa shape index (κ3) is 8.51. The van der Waals surface area contributed by atoms with Gasteiger partial charge in [0.25, 0.3) is 10.1 Å². The highest BCUT2D eigenvalue weighted by Crippen LogP contribution is 2.72. The van der Waals surface area contributed by atoms with Crippen LogP contribution in [-0.4, -0.2) is 94.2 Å². The minimum absolute atomic E-state index is 0.00939. The van der Waals surface area contributed by atoms with Crippen molar-refractivity contribution in [1.29, 1.82) is 0 Å². The monoisotopic (exact) mass is 716 g/mol. The summed E-state index contributed by atoms with van der Waals surface area (Å²) in [5.41, 5.74) is 1.31. The molecule has 4 aliphatic carbocycles. The van der Waals surface area contributed by atoms with Gasteiger partial charge in [0, 0.05) is 49.7 Å². The molecule has 4 bridgehead atoms. The van der Waals surface area contributed by atoms with Gasteiger partial charge in [0.1, 0.15) is 5.60 Å². The minimum Gasteiger partial charge on any atom is -0.476 e. The molecule has 0 radical (unpaired) electrons. The van der Waals surface area contributed by atoms with Gasteiger partial charge in [-0.15, -0.1) is 0 Å². The Balaban J connectivity index is 1.37. The Morgan fingerprint density at radius 3 is 2.24 bits per heavy atom. The van der Waals surface area contributed by atoms with Crippen molar-refractivity contribution in [3.8, 4) is 11.1 Å². The molecule has 14 heteroatoms. The molecule has 4 saturated carbocycles. The van der Waals surface area contributed by atoms with E-state index in [2.05, 4.69) is 28.7 Å². The predicted octanol–water partition coefficient (Wildman–Crippen LogP) is 5.11. The zero-order chi connectivity index (χ0) is 36.9. The second-order valence-electron chi connectivity index (χ2n) is 16.8. The first-order valence-electron chi connectivity index (χ1n) is 17.2. The molecule has 6 rings (SSSR count). The number of ether oxygens (including phenoxy) is 2. The lowest BCUT2D eigenvalue weighted by molar-refractivity contribution is -0.248. The van der Waals surface area contributed by atoms with Crippen LogP contribution in [-0.2, 0) is 37.4 Å². The SMILES string of the molecule is CNC(=O)Cc1ccc(-c2ccn(CC34CC5(C)CC(C)(C3)CC(OCCN(CCS(=O)(=O)O)C(=O)OC(C)(C)C)(C5)C4)c2C)c(C(=O)O)n1. The molecule has 50 heavy (non-hydrogen) atoms. The van der Waals surface area contributed by atoms with Gasteiger partial charge in [-0.25, -0.2) is 14.6 Å². The molecular formula is C36H52N4O9S. The molecule has 0 aliphatic heterocycles. The fourth-order valence-electron chi connectivity index (χ4n) is 9.97. The lowest BCUT2D eigenvalue weighted by atomic mass is 9.39. The molecule has 276 valence electrons. The molecule has 3 N–H and O–H groups in total. The van der Waals surface area contributed by atoms with E-state index in [0.717, 1.165) is 56.3 Å². The fourth-order valence-corrected chi connectivity index (χ4v) is 10.4.